The van der Waals surface area contributed by atoms with Gasteiger partial charge >= 0.3 is 176 Å². The molecule has 3 aromatic carbocycles. The molecule has 3 heteroatoms. The molecule has 140 valence electrons. The van der Waals surface area contributed by atoms with Gasteiger partial charge in [0, 0.05) is 0 Å². The first-order valence-electron chi connectivity index (χ1n) is 9.56. The zero-order chi connectivity index (χ0) is 18.8. The van der Waals surface area contributed by atoms with Gasteiger partial charge in [-0.1, -0.05) is 0 Å². The number of hydrogen-bond donors (Lipinski definition) is 0. The third kappa shape index (κ3) is 7.47. The van der Waals surface area contributed by atoms with Crippen LogP contribution in [0.1, 0.15) is 11.1 Å². The topological polar surface area (TPSA) is 0 Å². The quantitative estimate of drug-likeness (QED) is 0.194. The van der Waals surface area contributed by atoms with Crippen molar-refractivity contribution in [2.45, 2.75) is 17.7 Å². The summed E-state index contributed by atoms with van der Waals surface area (Å²) in [6, 6.07) is 32.7. The van der Waals surface area contributed by atoms with Crippen LogP contribution in [-0.2, 0) is 12.8 Å². The number of benzene rings is 3. The van der Waals surface area contributed by atoms with Gasteiger partial charge in [-0.3, -0.25) is 0 Å². The van der Waals surface area contributed by atoms with Crippen molar-refractivity contribution in [2.24, 2.45) is 0 Å². The van der Waals surface area contributed by atoms with Crippen LogP contribution in [-0.4, -0.2) is 39.3 Å². The van der Waals surface area contributed by atoms with Crippen LogP contribution in [0, 0.1) is 0 Å². The SMILES string of the molecule is [Se]=P(CCSc1ccccc1)(CCc1ccccc1)CCc1ccccc1. The average Bonchev–Trinajstić information content (AvgIpc) is 2.73. The number of aryl methyl sites for hydroxylation is 2. The molecule has 0 saturated heterocycles. The third-order valence-electron chi connectivity index (χ3n) is 4.81. The molecule has 0 fully saturated rings. The summed E-state index contributed by atoms with van der Waals surface area (Å²) in [7, 11) is 0. The zero-order valence-electron chi connectivity index (χ0n) is 15.7. The second-order valence-corrected chi connectivity index (χ2v) is 16.4. The summed E-state index contributed by atoms with van der Waals surface area (Å²) in [6.07, 6.45) is 6.30. The monoisotopic (exact) mass is 458 g/mol. The summed E-state index contributed by atoms with van der Waals surface area (Å²) in [4.78, 5) is 1.38. The van der Waals surface area contributed by atoms with Crippen LogP contribution in [0.4, 0.5) is 0 Å². The van der Waals surface area contributed by atoms with Crippen molar-refractivity contribution >= 4 is 32.4 Å². The summed E-state index contributed by atoms with van der Waals surface area (Å²) < 4.78 is 0. The molecule has 3 rings (SSSR count). The summed E-state index contributed by atoms with van der Waals surface area (Å²) in [5.74, 6) is 1.20. The van der Waals surface area contributed by atoms with E-state index >= 15 is 0 Å². The van der Waals surface area contributed by atoms with Gasteiger partial charge in [-0.25, -0.2) is 0 Å². The second kappa shape index (κ2) is 11.1. The van der Waals surface area contributed by atoms with E-state index in [1.165, 1.54) is 53.1 Å². The van der Waals surface area contributed by atoms with Crippen LogP contribution in [0.5, 0.6) is 0 Å². The molecule has 0 aliphatic heterocycles. The van der Waals surface area contributed by atoms with E-state index in [4.69, 9.17) is 0 Å². The van der Waals surface area contributed by atoms with Crippen molar-refractivity contribution in [2.75, 3.05) is 24.2 Å². The maximum atomic E-state index is 3.72. The molecule has 3 aromatic rings. The van der Waals surface area contributed by atoms with Gasteiger partial charge in [0.15, 0.2) is 0 Å². The van der Waals surface area contributed by atoms with Gasteiger partial charge in [0.05, 0.1) is 0 Å². The van der Waals surface area contributed by atoms with E-state index in [2.05, 4.69) is 106 Å². The molecule has 0 aromatic heterocycles. The van der Waals surface area contributed by atoms with Gasteiger partial charge in [0.25, 0.3) is 0 Å². The Morgan fingerprint density at radius 3 is 1.52 bits per heavy atom. The van der Waals surface area contributed by atoms with Crippen LogP contribution in [0.15, 0.2) is 95.9 Å². The summed E-state index contributed by atoms with van der Waals surface area (Å²) in [5, 5.41) is 0. The van der Waals surface area contributed by atoms with Crippen LogP contribution in [0.2, 0.25) is 0 Å². The van der Waals surface area contributed by atoms with Crippen LogP contribution < -0.4 is 0 Å². The first-order chi connectivity index (χ1) is 13.2. The van der Waals surface area contributed by atoms with E-state index in [-0.39, 0.29) is 0 Å². The Labute approximate surface area is 176 Å². The molecular weight excluding hydrogens is 430 g/mol. The van der Waals surface area contributed by atoms with Crippen LogP contribution >= 0.6 is 17.3 Å². The Morgan fingerprint density at radius 2 is 1.04 bits per heavy atom. The Balaban J connectivity index is 1.60. The molecule has 27 heavy (non-hydrogen) atoms. The molecule has 0 unspecified atom stereocenters. The van der Waals surface area contributed by atoms with Gasteiger partial charge in [0.2, 0.25) is 0 Å². The molecule has 0 amide bonds. The first-order valence-corrected chi connectivity index (χ1v) is 15.1. The number of thioether (sulfide) groups is 1. The predicted octanol–water partition coefficient (Wildman–Crippen LogP) is 6.37. The second-order valence-electron chi connectivity index (χ2n) is 6.86. The van der Waals surface area contributed by atoms with E-state index in [1.54, 1.807) is 0 Å². The summed E-state index contributed by atoms with van der Waals surface area (Å²) >= 11 is 5.71. The predicted molar refractivity (Wildman–Crippen MR) is 125 cm³/mol. The van der Waals surface area contributed by atoms with Crippen molar-refractivity contribution in [1.29, 1.82) is 0 Å². The summed E-state index contributed by atoms with van der Waals surface area (Å²) in [6.45, 7) is 0. The molecule has 0 aliphatic rings. The van der Waals surface area contributed by atoms with E-state index in [0.29, 0.717) is 0 Å². The van der Waals surface area contributed by atoms with E-state index in [1.807, 2.05) is 11.8 Å². The third-order valence-corrected chi connectivity index (χ3v) is 12.7. The Kier molecular flexibility index (Phi) is 8.49. The molecule has 0 atom stereocenters. The fourth-order valence-corrected chi connectivity index (χ4v) is 9.98. The van der Waals surface area contributed by atoms with Gasteiger partial charge in [0.1, 0.15) is 0 Å². The molecule has 0 spiro atoms. The van der Waals surface area contributed by atoms with Crippen LogP contribution in [0.25, 0.3) is 0 Å². The molecule has 0 N–H and O–H groups in total. The van der Waals surface area contributed by atoms with Crippen LogP contribution in [0.3, 0.4) is 0 Å². The van der Waals surface area contributed by atoms with Gasteiger partial charge in [-0.15, -0.1) is 0 Å². The fourth-order valence-electron chi connectivity index (χ4n) is 3.14. The average molecular weight is 457 g/mol. The van der Waals surface area contributed by atoms with E-state index in [9.17, 15) is 0 Å². The Hall–Kier alpha value is -1.04. The van der Waals surface area contributed by atoms with Gasteiger partial charge in [-0.05, 0) is 0 Å². The first kappa shape index (κ1) is 20.7. The van der Waals surface area contributed by atoms with Crippen molar-refractivity contribution in [3.63, 3.8) is 0 Å². The van der Waals surface area contributed by atoms with Crippen molar-refractivity contribution in [1.82, 2.24) is 0 Å². The van der Waals surface area contributed by atoms with Crippen molar-refractivity contribution in [3.8, 4) is 0 Å². The number of hydrogen-bond acceptors (Lipinski definition) is 1. The fraction of sp³-hybridized carbons (Fsp3) is 0.250. The Bertz CT molecular complexity index is 787. The van der Waals surface area contributed by atoms with Crippen molar-refractivity contribution < 1.29 is 0 Å². The molecule has 0 aliphatic carbocycles. The standard InChI is InChI=1S/C24H27PSSe/c27-25(18-16-22-10-4-1-5-11-22,19-17-23-12-6-2-7-13-23)20-21-26-24-14-8-3-9-15-24/h1-15H,16-21H2. The molecule has 0 saturated carbocycles. The Morgan fingerprint density at radius 1 is 0.593 bits per heavy atom. The maximum absolute atomic E-state index is 3.72. The zero-order valence-corrected chi connectivity index (χ0v) is 19.1. The van der Waals surface area contributed by atoms with E-state index in [0.717, 1.165) is 0 Å². The molecule has 0 heterocycles. The normalized spacial score (nSPS) is 11.4. The van der Waals surface area contributed by atoms with Gasteiger partial charge < -0.3 is 0 Å². The minimum absolute atomic E-state index is 1.08. The number of rotatable bonds is 10. The molecule has 0 radical (unpaired) electrons. The summed E-state index contributed by atoms with van der Waals surface area (Å²) in [5.41, 5.74) is 1.85. The molecule has 0 bridgehead atoms. The molecule has 0 nitrogen and oxygen atoms in total. The minimum atomic E-state index is -1.08. The van der Waals surface area contributed by atoms with E-state index < -0.39 is 5.51 Å². The molecular formula is C24H27PSSe. The van der Waals surface area contributed by atoms with Gasteiger partial charge in [-0.2, -0.15) is 0 Å². The van der Waals surface area contributed by atoms with Crippen molar-refractivity contribution in [3.05, 3.63) is 102 Å².